The van der Waals surface area contributed by atoms with Crippen molar-refractivity contribution in [1.82, 2.24) is 4.98 Å². The molecule has 0 unspecified atom stereocenters. The van der Waals surface area contributed by atoms with Crippen molar-refractivity contribution in [2.75, 3.05) is 0 Å². The van der Waals surface area contributed by atoms with Crippen molar-refractivity contribution in [3.05, 3.63) is 48.2 Å². The lowest BCUT2D eigenvalue weighted by Crippen LogP contribution is -1.94. The summed E-state index contributed by atoms with van der Waals surface area (Å²) < 4.78 is 27.8. The molecule has 0 fully saturated rings. The molecule has 0 aliphatic heterocycles. The summed E-state index contributed by atoms with van der Waals surface area (Å²) in [5, 5.41) is 0. The van der Waals surface area contributed by atoms with Gasteiger partial charge in [-0.1, -0.05) is 26.0 Å². The Bertz CT molecular complexity index is 697. The maximum atomic E-state index is 11.1. The molecule has 1 aromatic carbocycles. The van der Waals surface area contributed by atoms with Crippen LogP contribution in [0, 0.1) is 0 Å². The van der Waals surface area contributed by atoms with Gasteiger partial charge in [0.25, 0.3) is 9.05 Å². The molecule has 1 aromatic heterocycles. The highest BCUT2D eigenvalue weighted by Gasteiger charge is 2.10. The third-order valence-electron chi connectivity index (χ3n) is 2.74. The quantitative estimate of drug-likeness (QED) is 0.803. The van der Waals surface area contributed by atoms with E-state index in [0.717, 1.165) is 5.56 Å². The van der Waals surface area contributed by atoms with E-state index in [2.05, 4.69) is 18.8 Å². The van der Waals surface area contributed by atoms with Crippen LogP contribution in [0.2, 0.25) is 0 Å². The second-order valence-corrected chi connectivity index (χ2v) is 7.17. The van der Waals surface area contributed by atoms with Gasteiger partial charge in [-0.15, -0.1) is 0 Å². The monoisotopic (exact) mass is 311 g/mol. The Balaban J connectivity index is 2.20. The predicted octanol–water partition coefficient (Wildman–Crippen LogP) is 3.92. The lowest BCUT2D eigenvalue weighted by Gasteiger charge is -2.09. The molecule has 0 saturated heterocycles. The van der Waals surface area contributed by atoms with Crippen molar-refractivity contribution < 1.29 is 13.2 Å². The number of hydrogen-bond acceptors (Lipinski definition) is 4. The first-order valence-corrected chi connectivity index (χ1v) is 8.36. The van der Waals surface area contributed by atoms with Crippen LogP contribution in [0.25, 0.3) is 0 Å². The van der Waals surface area contributed by atoms with Crippen LogP contribution < -0.4 is 4.74 Å². The molecule has 106 valence electrons. The Kier molecular flexibility index (Phi) is 4.30. The van der Waals surface area contributed by atoms with Crippen LogP contribution in [-0.4, -0.2) is 13.4 Å². The zero-order valence-corrected chi connectivity index (χ0v) is 12.6. The highest BCUT2D eigenvalue weighted by atomic mass is 35.7. The van der Waals surface area contributed by atoms with E-state index in [-0.39, 0.29) is 4.90 Å². The molecule has 0 N–H and O–H groups in total. The number of nitrogens with zero attached hydrogens (tertiary/aromatic N) is 1. The average molecular weight is 312 g/mol. The minimum Gasteiger partial charge on any atom is -0.439 e. The first-order chi connectivity index (χ1) is 9.36. The minimum atomic E-state index is -3.76. The lowest BCUT2D eigenvalue weighted by atomic mass is 10.0. The summed E-state index contributed by atoms with van der Waals surface area (Å²) in [5.74, 6) is 1.37. The highest BCUT2D eigenvalue weighted by Crippen LogP contribution is 2.25. The maximum absolute atomic E-state index is 11.1. The number of ether oxygens (including phenoxy) is 1. The van der Waals surface area contributed by atoms with Crippen molar-refractivity contribution in [2.24, 2.45) is 0 Å². The molecule has 2 rings (SSSR count). The molecule has 0 aliphatic carbocycles. The summed E-state index contributed by atoms with van der Waals surface area (Å²) in [6, 6.07) is 10.5. The van der Waals surface area contributed by atoms with Crippen LogP contribution in [0.3, 0.4) is 0 Å². The van der Waals surface area contributed by atoms with Crippen LogP contribution in [-0.2, 0) is 9.05 Å². The van der Waals surface area contributed by atoms with Crippen molar-refractivity contribution in [2.45, 2.75) is 24.7 Å². The SMILES string of the molecule is CC(C)c1cccc(Oc2ccc(S(=O)(=O)Cl)cn2)c1. The van der Waals surface area contributed by atoms with Crippen LogP contribution in [0.1, 0.15) is 25.3 Å². The van der Waals surface area contributed by atoms with Crippen molar-refractivity contribution in [3.8, 4) is 11.6 Å². The van der Waals surface area contributed by atoms with Gasteiger partial charge in [-0.2, -0.15) is 0 Å². The second-order valence-electron chi connectivity index (χ2n) is 4.60. The summed E-state index contributed by atoms with van der Waals surface area (Å²) in [6.45, 7) is 4.19. The third-order valence-corrected chi connectivity index (χ3v) is 4.08. The molecule has 6 heteroatoms. The van der Waals surface area contributed by atoms with Crippen LogP contribution in [0.15, 0.2) is 47.5 Å². The zero-order valence-electron chi connectivity index (χ0n) is 11.1. The fourth-order valence-corrected chi connectivity index (χ4v) is 2.31. The molecule has 0 spiro atoms. The Hall–Kier alpha value is -1.59. The van der Waals surface area contributed by atoms with Crippen molar-refractivity contribution >= 4 is 19.7 Å². The minimum absolute atomic E-state index is 0.0533. The first kappa shape index (κ1) is 14.8. The fourth-order valence-electron chi connectivity index (χ4n) is 1.63. The zero-order chi connectivity index (χ0) is 14.8. The molecule has 0 aliphatic rings. The Morgan fingerprint density at radius 2 is 1.95 bits per heavy atom. The van der Waals surface area contributed by atoms with Gasteiger partial charge in [0.15, 0.2) is 0 Å². The van der Waals surface area contributed by atoms with E-state index in [1.54, 1.807) is 0 Å². The van der Waals surface area contributed by atoms with Gasteiger partial charge >= 0.3 is 0 Å². The first-order valence-electron chi connectivity index (χ1n) is 6.05. The van der Waals surface area contributed by atoms with Gasteiger partial charge in [0, 0.05) is 16.7 Å². The van der Waals surface area contributed by atoms with Gasteiger partial charge in [-0.25, -0.2) is 13.4 Å². The van der Waals surface area contributed by atoms with Gasteiger partial charge in [-0.3, -0.25) is 0 Å². The van der Waals surface area contributed by atoms with E-state index in [9.17, 15) is 8.42 Å². The molecular weight excluding hydrogens is 298 g/mol. The van der Waals surface area contributed by atoms with E-state index in [1.807, 2.05) is 24.3 Å². The molecule has 2 aromatic rings. The highest BCUT2D eigenvalue weighted by molar-refractivity contribution is 8.13. The van der Waals surface area contributed by atoms with Crippen LogP contribution in [0.4, 0.5) is 0 Å². The van der Waals surface area contributed by atoms with E-state index in [1.165, 1.54) is 18.3 Å². The summed E-state index contributed by atoms with van der Waals surface area (Å²) in [5.41, 5.74) is 1.16. The largest absolute Gasteiger partial charge is 0.439 e. The van der Waals surface area contributed by atoms with E-state index in [0.29, 0.717) is 17.5 Å². The number of pyridine rings is 1. The molecule has 4 nitrogen and oxygen atoms in total. The van der Waals surface area contributed by atoms with E-state index < -0.39 is 9.05 Å². The molecule has 0 radical (unpaired) electrons. The summed E-state index contributed by atoms with van der Waals surface area (Å²) in [4.78, 5) is 3.88. The molecule has 0 saturated carbocycles. The number of rotatable bonds is 4. The third kappa shape index (κ3) is 3.71. The lowest BCUT2D eigenvalue weighted by molar-refractivity contribution is 0.461. The van der Waals surface area contributed by atoms with Gasteiger partial charge in [0.1, 0.15) is 10.6 Å². The topological polar surface area (TPSA) is 56.3 Å². The number of hydrogen-bond donors (Lipinski definition) is 0. The maximum Gasteiger partial charge on any atom is 0.262 e. The molecular formula is C14H14ClNO3S. The normalized spacial score (nSPS) is 11.6. The van der Waals surface area contributed by atoms with E-state index in [4.69, 9.17) is 15.4 Å². The molecule has 1 heterocycles. The van der Waals surface area contributed by atoms with Crippen LogP contribution >= 0.6 is 10.7 Å². The number of halogens is 1. The summed E-state index contributed by atoms with van der Waals surface area (Å²) >= 11 is 0. The van der Waals surface area contributed by atoms with Gasteiger partial charge in [0.05, 0.1) is 6.20 Å². The predicted molar refractivity (Wildman–Crippen MR) is 77.9 cm³/mol. The number of aromatic nitrogens is 1. The van der Waals surface area contributed by atoms with Crippen LogP contribution in [0.5, 0.6) is 11.6 Å². The average Bonchev–Trinajstić information content (AvgIpc) is 2.38. The van der Waals surface area contributed by atoms with E-state index >= 15 is 0 Å². The van der Waals surface area contributed by atoms with Gasteiger partial charge < -0.3 is 4.74 Å². The Morgan fingerprint density at radius 1 is 1.20 bits per heavy atom. The molecule has 0 atom stereocenters. The summed E-state index contributed by atoms with van der Waals surface area (Å²) in [7, 11) is 1.46. The van der Waals surface area contributed by atoms with Crippen molar-refractivity contribution in [3.63, 3.8) is 0 Å². The number of benzene rings is 1. The smallest absolute Gasteiger partial charge is 0.262 e. The van der Waals surface area contributed by atoms with Gasteiger partial charge in [-0.05, 0) is 29.7 Å². The fraction of sp³-hybridized carbons (Fsp3) is 0.214. The summed E-state index contributed by atoms with van der Waals surface area (Å²) in [6.07, 6.45) is 1.17. The molecule has 20 heavy (non-hydrogen) atoms. The molecule has 0 bridgehead atoms. The van der Waals surface area contributed by atoms with Crippen molar-refractivity contribution in [1.29, 1.82) is 0 Å². The molecule has 0 amide bonds. The Labute approximate surface area is 122 Å². The Morgan fingerprint density at radius 3 is 2.50 bits per heavy atom. The van der Waals surface area contributed by atoms with Gasteiger partial charge in [0.2, 0.25) is 5.88 Å². The second kappa shape index (κ2) is 5.81. The standard InChI is InChI=1S/C14H14ClNO3S/c1-10(2)11-4-3-5-12(8-11)19-14-7-6-13(9-16-14)20(15,17)18/h3-10H,1-2H3.